The van der Waals surface area contributed by atoms with Gasteiger partial charge in [0.05, 0.1) is 11.4 Å². The summed E-state index contributed by atoms with van der Waals surface area (Å²) in [6.07, 6.45) is 3.95. The molecule has 0 atom stereocenters. The molecule has 31 heavy (non-hydrogen) atoms. The Balaban J connectivity index is 0.00000272. The molecule has 8 nitrogen and oxygen atoms in total. The lowest BCUT2D eigenvalue weighted by Gasteiger charge is -2.36. The monoisotopic (exact) mass is 540 g/mol. The third-order valence-corrected chi connectivity index (χ3v) is 5.07. The van der Waals surface area contributed by atoms with Crippen LogP contribution in [0.4, 0.5) is 4.39 Å². The van der Waals surface area contributed by atoms with E-state index >= 15 is 0 Å². The average molecular weight is 540 g/mol. The SMILES string of the molecule is CN=C(NCCc1coc(-c2ccc(F)cc2)n1)N1CCN(Cc2ccon2)CC1.I. The fourth-order valence-electron chi connectivity index (χ4n) is 3.45. The Kier molecular flexibility index (Phi) is 8.41. The molecule has 166 valence electrons. The van der Waals surface area contributed by atoms with Crippen LogP contribution in [-0.2, 0) is 13.0 Å². The summed E-state index contributed by atoms with van der Waals surface area (Å²) >= 11 is 0. The summed E-state index contributed by atoms with van der Waals surface area (Å²) in [7, 11) is 1.80. The third-order valence-electron chi connectivity index (χ3n) is 5.07. The van der Waals surface area contributed by atoms with E-state index < -0.39 is 0 Å². The Hall–Kier alpha value is -2.47. The van der Waals surface area contributed by atoms with Gasteiger partial charge in [-0.05, 0) is 24.3 Å². The number of aromatic nitrogens is 2. The molecule has 1 aromatic carbocycles. The highest BCUT2D eigenvalue weighted by Gasteiger charge is 2.20. The van der Waals surface area contributed by atoms with Crippen LogP contribution < -0.4 is 5.32 Å². The van der Waals surface area contributed by atoms with Gasteiger partial charge in [-0.15, -0.1) is 24.0 Å². The summed E-state index contributed by atoms with van der Waals surface area (Å²) in [6.45, 7) is 5.18. The Morgan fingerprint density at radius 3 is 2.58 bits per heavy atom. The first-order valence-corrected chi connectivity index (χ1v) is 9.99. The molecular weight excluding hydrogens is 514 g/mol. The van der Waals surface area contributed by atoms with Gasteiger partial charge in [-0.1, -0.05) is 5.16 Å². The molecule has 1 aliphatic heterocycles. The number of benzene rings is 1. The van der Waals surface area contributed by atoms with E-state index in [4.69, 9.17) is 8.94 Å². The van der Waals surface area contributed by atoms with Crippen LogP contribution in [0.15, 0.2) is 56.8 Å². The zero-order valence-corrected chi connectivity index (χ0v) is 19.7. The summed E-state index contributed by atoms with van der Waals surface area (Å²) in [4.78, 5) is 13.5. The molecule has 1 saturated heterocycles. The summed E-state index contributed by atoms with van der Waals surface area (Å²) in [5, 5.41) is 7.38. The second kappa shape index (κ2) is 11.2. The van der Waals surface area contributed by atoms with Gasteiger partial charge < -0.3 is 19.2 Å². The predicted octanol–water partition coefficient (Wildman–Crippen LogP) is 3.02. The van der Waals surface area contributed by atoms with Crippen LogP contribution in [0, 0.1) is 5.82 Å². The number of halogens is 2. The molecule has 0 amide bonds. The number of nitrogens with zero attached hydrogens (tertiary/aromatic N) is 5. The van der Waals surface area contributed by atoms with Crippen LogP contribution in [0.5, 0.6) is 0 Å². The summed E-state index contributed by atoms with van der Waals surface area (Å²) < 4.78 is 23.5. The number of nitrogens with one attached hydrogen (secondary N) is 1. The van der Waals surface area contributed by atoms with Crippen molar-refractivity contribution in [3.8, 4) is 11.5 Å². The van der Waals surface area contributed by atoms with Gasteiger partial charge in [-0.25, -0.2) is 9.37 Å². The zero-order chi connectivity index (χ0) is 20.8. The fraction of sp³-hybridized carbons (Fsp3) is 0.381. The van der Waals surface area contributed by atoms with Gasteiger partial charge in [-0.3, -0.25) is 9.89 Å². The molecule has 10 heteroatoms. The van der Waals surface area contributed by atoms with Crippen LogP contribution in [0.2, 0.25) is 0 Å². The van der Waals surface area contributed by atoms with Crippen molar-refractivity contribution in [1.29, 1.82) is 0 Å². The molecule has 0 spiro atoms. The molecule has 0 bridgehead atoms. The van der Waals surface area contributed by atoms with Crippen LogP contribution in [-0.4, -0.2) is 65.7 Å². The lowest BCUT2D eigenvalue weighted by molar-refractivity contribution is 0.169. The molecule has 1 fully saturated rings. The first-order valence-electron chi connectivity index (χ1n) is 9.99. The fourth-order valence-corrected chi connectivity index (χ4v) is 3.45. The standard InChI is InChI=1S/C21H25FN6O2.HI/c1-23-21(28-11-9-27(10-12-28)14-18-7-13-30-26-18)24-8-6-19-15-29-20(25-19)16-2-4-17(22)5-3-16;/h2-5,7,13,15H,6,8-12,14H2,1H3,(H,23,24);1H. The van der Waals surface area contributed by atoms with Gasteiger partial charge in [0.25, 0.3) is 0 Å². The molecule has 3 aromatic rings. The minimum atomic E-state index is -0.278. The molecule has 1 aliphatic rings. The van der Waals surface area contributed by atoms with E-state index in [-0.39, 0.29) is 29.8 Å². The highest BCUT2D eigenvalue weighted by atomic mass is 127. The van der Waals surface area contributed by atoms with Gasteiger partial charge in [0.2, 0.25) is 5.89 Å². The van der Waals surface area contributed by atoms with Gasteiger partial charge in [0.1, 0.15) is 18.3 Å². The molecule has 0 radical (unpaired) electrons. The van der Waals surface area contributed by atoms with Crippen molar-refractivity contribution < 1.29 is 13.3 Å². The number of piperazine rings is 1. The summed E-state index contributed by atoms with van der Waals surface area (Å²) in [6, 6.07) is 8.02. The number of oxazole rings is 1. The Labute approximate surface area is 197 Å². The van der Waals surface area contributed by atoms with Crippen molar-refractivity contribution in [2.24, 2.45) is 4.99 Å². The number of aliphatic imine (C=N–C) groups is 1. The van der Waals surface area contributed by atoms with E-state index in [1.54, 1.807) is 31.7 Å². The van der Waals surface area contributed by atoms with Crippen molar-refractivity contribution in [1.82, 2.24) is 25.3 Å². The predicted molar refractivity (Wildman–Crippen MR) is 126 cm³/mol. The van der Waals surface area contributed by atoms with Crippen LogP contribution >= 0.6 is 24.0 Å². The number of rotatable bonds is 6. The van der Waals surface area contributed by atoms with E-state index in [0.717, 1.165) is 55.6 Å². The first-order chi connectivity index (χ1) is 14.7. The van der Waals surface area contributed by atoms with E-state index in [1.165, 1.54) is 12.1 Å². The second-order valence-corrected chi connectivity index (χ2v) is 7.13. The Bertz CT molecular complexity index is 953. The molecule has 0 saturated carbocycles. The normalized spacial score (nSPS) is 15.0. The quantitative estimate of drug-likeness (QED) is 0.293. The third kappa shape index (κ3) is 6.26. The van der Waals surface area contributed by atoms with Crippen molar-refractivity contribution in [2.75, 3.05) is 39.8 Å². The van der Waals surface area contributed by atoms with E-state index in [1.807, 2.05) is 6.07 Å². The largest absolute Gasteiger partial charge is 0.444 e. The van der Waals surface area contributed by atoms with E-state index in [2.05, 4.69) is 30.2 Å². The molecule has 0 unspecified atom stereocenters. The first kappa shape index (κ1) is 23.2. The number of guanidine groups is 1. The van der Waals surface area contributed by atoms with Crippen molar-refractivity contribution in [3.05, 3.63) is 60.1 Å². The summed E-state index contributed by atoms with van der Waals surface area (Å²) in [5.74, 6) is 1.11. The minimum absolute atomic E-state index is 0. The molecule has 1 N–H and O–H groups in total. The van der Waals surface area contributed by atoms with E-state index in [0.29, 0.717) is 18.9 Å². The maximum atomic E-state index is 13.1. The lowest BCUT2D eigenvalue weighted by Crippen LogP contribution is -2.52. The number of hydrogen-bond acceptors (Lipinski definition) is 6. The Morgan fingerprint density at radius 2 is 1.90 bits per heavy atom. The van der Waals surface area contributed by atoms with Gasteiger partial charge >= 0.3 is 0 Å². The van der Waals surface area contributed by atoms with Gasteiger partial charge in [0.15, 0.2) is 5.96 Å². The van der Waals surface area contributed by atoms with Crippen molar-refractivity contribution >= 4 is 29.9 Å². The van der Waals surface area contributed by atoms with Crippen LogP contribution in [0.3, 0.4) is 0 Å². The highest BCUT2D eigenvalue weighted by Crippen LogP contribution is 2.19. The average Bonchev–Trinajstić information content (AvgIpc) is 3.45. The van der Waals surface area contributed by atoms with E-state index in [9.17, 15) is 4.39 Å². The van der Waals surface area contributed by atoms with Crippen molar-refractivity contribution in [2.45, 2.75) is 13.0 Å². The highest BCUT2D eigenvalue weighted by molar-refractivity contribution is 14.0. The smallest absolute Gasteiger partial charge is 0.226 e. The molecule has 2 aromatic heterocycles. The molecule has 3 heterocycles. The minimum Gasteiger partial charge on any atom is -0.444 e. The maximum absolute atomic E-state index is 13.1. The zero-order valence-electron chi connectivity index (χ0n) is 17.3. The molecular formula is C21H26FIN6O2. The van der Waals surface area contributed by atoms with Crippen LogP contribution in [0.25, 0.3) is 11.5 Å². The molecule has 4 rings (SSSR count). The number of hydrogen-bond donors (Lipinski definition) is 1. The lowest BCUT2D eigenvalue weighted by atomic mass is 10.2. The molecule has 0 aliphatic carbocycles. The van der Waals surface area contributed by atoms with Gasteiger partial charge in [0, 0.05) is 64.4 Å². The summed E-state index contributed by atoms with van der Waals surface area (Å²) in [5.41, 5.74) is 2.56. The van der Waals surface area contributed by atoms with Gasteiger partial charge in [-0.2, -0.15) is 0 Å². The maximum Gasteiger partial charge on any atom is 0.226 e. The van der Waals surface area contributed by atoms with Crippen molar-refractivity contribution in [3.63, 3.8) is 0 Å². The van der Waals surface area contributed by atoms with Crippen LogP contribution in [0.1, 0.15) is 11.4 Å². The second-order valence-electron chi connectivity index (χ2n) is 7.13. The Morgan fingerprint density at radius 1 is 1.13 bits per heavy atom. The topological polar surface area (TPSA) is 82.9 Å².